The lowest BCUT2D eigenvalue weighted by Crippen LogP contribution is -2.30. The van der Waals surface area contributed by atoms with Crippen molar-refractivity contribution >= 4 is 29.0 Å². The van der Waals surface area contributed by atoms with Gasteiger partial charge in [0.15, 0.2) is 0 Å². The summed E-state index contributed by atoms with van der Waals surface area (Å²) in [4.78, 5) is 37.3. The summed E-state index contributed by atoms with van der Waals surface area (Å²) in [7, 11) is 0. The highest BCUT2D eigenvalue weighted by atomic mass is 16.3. The van der Waals surface area contributed by atoms with Gasteiger partial charge in [-0.05, 0) is 12.1 Å². The van der Waals surface area contributed by atoms with Gasteiger partial charge in [0.1, 0.15) is 11.3 Å². The van der Waals surface area contributed by atoms with E-state index >= 15 is 0 Å². The number of imide groups is 1. The molecule has 1 aliphatic rings. The van der Waals surface area contributed by atoms with Crippen molar-refractivity contribution in [1.82, 2.24) is 0 Å². The van der Waals surface area contributed by atoms with E-state index in [1.165, 1.54) is 0 Å². The number of carbonyl (C=O) groups excluding carboxylic acids is 3. The number of benzene rings is 2. The lowest BCUT2D eigenvalue weighted by atomic mass is 10.1. The molecule has 0 saturated carbocycles. The Hall–Kier alpha value is -3.21. The molecule has 5 heteroatoms. The molecule has 2 aromatic carbocycles. The van der Waals surface area contributed by atoms with Crippen molar-refractivity contribution in [3.05, 3.63) is 71.8 Å². The van der Waals surface area contributed by atoms with Crippen LogP contribution in [0.5, 0.6) is 0 Å². The van der Waals surface area contributed by atoms with Crippen molar-refractivity contribution in [1.29, 1.82) is 0 Å². The number of hydrogen-bond donors (Lipinski definition) is 1. The minimum absolute atomic E-state index is 0.293. The SMILES string of the molecule is O=C1C(=O)N(c2ccccc2)C(=O)/C1=C(/O)c1ccccc1. The lowest BCUT2D eigenvalue weighted by Gasteiger charge is -2.11. The van der Waals surface area contributed by atoms with Gasteiger partial charge < -0.3 is 5.11 Å². The van der Waals surface area contributed by atoms with Gasteiger partial charge in [-0.25, -0.2) is 4.90 Å². The summed E-state index contributed by atoms with van der Waals surface area (Å²) in [5.74, 6) is -3.27. The molecule has 0 unspecified atom stereocenters. The zero-order valence-corrected chi connectivity index (χ0v) is 11.4. The number of anilines is 1. The maximum atomic E-state index is 12.4. The minimum Gasteiger partial charge on any atom is -0.506 e. The number of ketones is 1. The van der Waals surface area contributed by atoms with Gasteiger partial charge in [-0.15, -0.1) is 0 Å². The van der Waals surface area contributed by atoms with Crippen LogP contribution in [0.2, 0.25) is 0 Å². The molecule has 1 aliphatic heterocycles. The van der Waals surface area contributed by atoms with E-state index in [0.717, 1.165) is 4.90 Å². The highest BCUT2D eigenvalue weighted by Crippen LogP contribution is 2.28. The van der Waals surface area contributed by atoms with Crippen LogP contribution in [0, 0.1) is 0 Å². The molecule has 0 spiro atoms. The Bertz CT molecular complexity index is 794. The van der Waals surface area contributed by atoms with E-state index < -0.39 is 28.9 Å². The Labute approximate surface area is 126 Å². The number of rotatable bonds is 2. The van der Waals surface area contributed by atoms with Gasteiger partial charge in [0.05, 0.1) is 5.69 Å². The summed E-state index contributed by atoms with van der Waals surface area (Å²) < 4.78 is 0. The van der Waals surface area contributed by atoms with Crippen LogP contribution < -0.4 is 4.90 Å². The topological polar surface area (TPSA) is 74.7 Å². The molecule has 3 rings (SSSR count). The summed E-state index contributed by atoms with van der Waals surface area (Å²) in [6, 6.07) is 16.3. The van der Waals surface area contributed by atoms with Crippen LogP contribution in [-0.4, -0.2) is 22.7 Å². The van der Waals surface area contributed by atoms with Crippen molar-refractivity contribution in [3.8, 4) is 0 Å². The highest BCUT2D eigenvalue weighted by molar-refractivity contribution is 6.64. The van der Waals surface area contributed by atoms with Crippen LogP contribution in [-0.2, 0) is 14.4 Å². The molecular formula is C17H11NO4. The Morgan fingerprint density at radius 1 is 0.773 bits per heavy atom. The third-order valence-corrected chi connectivity index (χ3v) is 3.34. The number of aliphatic hydroxyl groups is 1. The van der Waals surface area contributed by atoms with E-state index in [2.05, 4.69) is 0 Å². The fourth-order valence-corrected chi connectivity index (χ4v) is 2.27. The average molecular weight is 293 g/mol. The summed E-state index contributed by atoms with van der Waals surface area (Å²) in [5.41, 5.74) is 0.101. The van der Waals surface area contributed by atoms with Crippen LogP contribution in [0.4, 0.5) is 5.69 Å². The number of aliphatic hydroxyl groups excluding tert-OH is 1. The molecule has 2 amide bonds. The zero-order valence-electron chi connectivity index (χ0n) is 11.4. The van der Waals surface area contributed by atoms with E-state index in [0.29, 0.717) is 11.3 Å². The van der Waals surface area contributed by atoms with Crippen LogP contribution in [0.1, 0.15) is 5.56 Å². The number of para-hydroxylation sites is 1. The van der Waals surface area contributed by atoms with Gasteiger partial charge in [-0.2, -0.15) is 0 Å². The molecule has 22 heavy (non-hydrogen) atoms. The molecule has 0 aliphatic carbocycles. The Kier molecular flexibility index (Phi) is 3.31. The summed E-state index contributed by atoms with van der Waals surface area (Å²) in [5, 5.41) is 10.2. The zero-order chi connectivity index (χ0) is 15.7. The fraction of sp³-hybridized carbons (Fsp3) is 0. The molecule has 1 fully saturated rings. The molecule has 1 saturated heterocycles. The predicted molar refractivity (Wildman–Crippen MR) is 79.9 cm³/mol. The first kappa shape index (κ1) is 13.8. The van der Waals surface area contributed by atoms with Crippen molar-refractivity contribution in [3.63, 3.8) is 0 Å². The monoisotopic (exact) mass is 293 g/mol. The standard InChI is InChI=1S/C17H11NO4/c19-14(11-7-3-1-4-8-11)13-15(20)17(22)18(16(13)21)12-9-5-2-6-10-12/h1-10,19H/b14-13+. The summed E-state index contributed by atoms with van der Waals surface area (Å²) >= 11 is 0. The second-order valence-electron chi connectivity index (χ2n) is 4.70. The Balaban J connectivity index is 2.11. The Morgan fingerprint density at radius 3 is 1.91 bits per heavy atom. The molecule has 5 nitrogen and oxygen atoms in total. The van der Waals surface area contributed by atoms with Crippen LogP contribution in [0.3, 0.4) is 0 Å². The van der Waals surface area contributed by atoms with E-state index in [1.54, 1.807) is 60.7 Å². The molecule has 0 bridgehead atoms. The molecule has 0 aromatic heterocycles. The number of Topliss-reactive ketones (excluding diaryl/α,β-unsaturated/α-hetero) is 1. The molecule has 2 aromatic rings. The van der Waals surface area contributed by atoms with Gasteiger partial charge in [0, 0.05) is 5.56 Å². The summed E-state index contributed by atoms with van der Waals surface area (Å²) in [6.45, 7) is 0. The number of nitrogens with zero attached hydrogens (tertiary/aromatic N) is 1. The molecule has 0 atom stereocenters. The second-order valence-corrected chi connectivity index (χ2v) is 4.70. The molecular weight excluding hydrogens is 282 g/mol. The van der Waals surface area contributed by atoms with Gasteiger partial charge in [0.2, 0.25) is 0 Å². The van der Waals surface area contributed by atoms with Crippen molar-refractivity contribution in [2.24, 2.45) is 0 Å². The quantitative estimate of drug-likeness (QED) is 0.302. The largest absolute Gasteiger partial charge is 0.506 e. The number of amides is 2. The van der Waals surface area contributed by atoms with Gasteiger partial charge in [-0.3, -0.25) is 14.4 Å². The van der Waals surface area contributed by atoms with Gasteiger partial charge >= 0.3 is 5.91 Å². The smallest absolute Gasteiger partial charge is 0.306 e. The van der Waals surface area contributed by atoms with Gasteiger partial charge in [0.25, 0.3) is 11.7 Å². The minimum atomic E-state index is -1.00. The van der Waals surface area contributed by atoms with E-state index in [4.69, 9.17) is 0 Å². The fourth-order valence-electron chi connectivity index (χ4n) is 2.27. The van der Waals surface area contributed by atoms with Crippen LogP contribution in [0.25, 0.3) is 5.76 Å². The third-order valence-electron chi connectivity index (χ3n) is 3.34. The molecule has 1 heterocycles. The number of carbonyl (C=O) groups is 3. The third kappa shape index (κ3) is 2.09. The average Bonchev–Trinajstić information content (AvgIpc) is 2.78. The highest BCUT2D eigenvalue weighted by Gasteiger charge is 2.45. The van der Waals surface area contributed by atoms with Crippen molar-refractivity contribution in [2.75, 3.05) is 4.90 Å². The molecule has 0 radical (unpaired) electrons. The second kappa shape index (κ2) is 5.29. The van der Waals surface area contributed by atoms with E-state index in [1.807, 2.05) is 0 Å². The number of hydrogen-bond acceptors (Lipinski definition) is 4. The lowest BCUT2D eigenvalue weighted by molar-refractivity contribution is -0.132. The van der Waals surface area contributed by atoms with Crippen LogP contribution >= 0.6 is 0 Å². The van der Waals surface area contributed by atoms with Crippen molar-refractivity contribution in [2.45, 2.75) is 0 Å². The first-order valence-electron chi connectivity index (χ1n) is 6.58. The normalized spacial score (nSPS) is 17.1. The van der Waals surface area contributed by atoms with E-state index in [9.17, 15) is 19.5 Å². The molecule has 108 valence electrons. The van der Waals surface area contributed by atoms with Crippen LogP contribution in [0.15, 0.2) is 66.2 Å². The van der Waals surface area contributed by atoms with Crippen molar-refractivity contribution < 1.29 is 19.5 Å². The first-order valence-corrected chi connectivity index (χ1v) is 6.58. The van der Waals surface area contributed by atoms with E-state index in [-0.39, 0.29) is 0 Å². The Morgan fingerprint density at radius 2 is 1.32 bits per heavy atom. The maximum Gasteiger partial charge on any atom is 0.306 e. The maximum absolute atomic E-state index is 12.4. The predicted octanol–water partition coefficient (Wildman–Crippen LogP) is 2.10. The first-order chi connectivity index (χ1) is 10.6. The van der Waals surface area contributed by atoms with Gasteiger partial charge in [-0.1, -0.05) is 48.5 Å². The molecule has 1 N–H and O–H groups in total. The summed E-state index contributed by atoms with van der Waals surface area (Å²) in [6.07, 6.45) is 0.